The van der Waals surface area contributed by atoms with Gasteiger partial charge in [0.1, 0.15) is 4.88 Å². The van der Waals surface area contributed by atoms with Crippen LogP contribution in [0.3, 0.4) is 0 Å². The van der Waals surface area contributed by atoms with Crippen LogP contribution in [0.2, 0.25) is 0 Å². The third-order valence-electron chi connectivity index (χ3n) is 2.74. The second-order valence-corrected chi connectivity index (χ2v) is 5.81. The molecule has 2 heterocycles. The molecule has 0 saturated carbocycles. The zero-order chi connectivity index (χ0) is 12.5. The minimum absolute atomic E-state index is 0.122. The second kappa shape index (κ2) is 4.62. The fourth-order valence-electron chi connectivity index (χ4n) is 1.97. The predicted octanol–water partition coefficient (Wildman–Crippen LogP) is 2.21. The Hall–Kier alpha value is -1.14. The van der Waals surface area contributed by atoms with Gasteiger partial charge < -0.3 is 15.2 Å². The van der Waals surface area contributed by atoms with Gasteiger partial charge in [0, 0.05) is 12.6 Å². The summed E-state index contributed by atoms with van der Waals surface area (Å²) in [6, 6.07) is 0.298. The van der Waals surface area contributed by atoms with E-state index in [1.165, 1.54) is 17.5 Å². The Morgan fingerprint density at radius 2 is 2.47 bits per heavy atom. The van der Waals surface area contributed by atoms with Gasteiger partial charge in [0.05, 0.1) is 11.8 Å². The van der Waals surface area contributed by atoms with Gasteiger partial charge in [0.25, 0.3) is 0 Å². The number of hydrogen-bond donors (Lipinski definition) is 2. The molecule has 1 atom stereocenters. The molecule has 1 aromatic heterocycles. The van der Waals surface area contributed by atoms with Gasteiger partial charge in [-0.3, -0.25) is 0 Å². The smallest absolute Gasteiger partial charge is 0.347 e. The van der Waals surface area contributed by atoms with E-state index in [2.05, 4.69) is 24.1 Å². The molecule has 6 heteroatoms. The van der Waals surface area contributed by atoms with Crippen molar-refractivity contribution in [2.45, 2.75) is 38.3 Å². The Kier molecular flexibility index (Phi) is 3.35. The van der Waals surface area contributed by atoms with E-state index in [4.69, 9.17) is 9.84 Å². The van der Waals surface area contributed by atoms with Crippen molar-refractivity contribution in [1.29, 1.82) is 0 Å². The van der Waals surface area contributed by atoms with E-state index < -0.39 is 5.97 Å². The molecular formula is C11H16N2O3S. The van der Waals surface area contributed by atoms with Gasteiger partial charge in [-0.25, -0.2) is 9.78 Å². The van der Waals surface area contributed by atoms with Crippen molar-refractivity contribution >= 4 is 22.4 Å². The molecule has 0 aromatic carbocycles. The molecule has 2 N–H and O–H groups in total. The van der Waals surface area contributed by atoms with Crippen molar-refractivity contribution in [1.82, 2.24) is 4.98 Å². The van der Waals surface area contributed by atoms with Crippen molar-refractivity contribution in [3.05, 3.63) is 11.1 Å². The minimum Gasteiger partial charge on any atom is -0.477 e. The zero-order valence-electron chi connectivity index (χ0n) is 9.90. The first-order chi connectivity index (χ1) is 7.96. The first-order valence-electron chi connectivity index (χ1n) is 5.56. The molecule has 0 aliphatic carbocycles. The number of anilines is 1. The highest BCUT2D eigenvalue weighted by molar-refractivity contribution is 7.17. The summed E-state index contributed by atoms with van der Waals surface area (Å²) in [5.74, 6) is -0.928. The lowest BCUT2D eigenvalue weighted by Crippen LogP contribution is -2.40. The highest BCUT2D eigenvalue weighted by Gasteiger charge is 2.29. The van der Waals surface area contributed by atoms with E-state index in [9.17, 15) is 4.79 Å². The second-order valence-electron chi connectivity index (χ2n) is 4.78. The summed E-state index contributed by atoms with van der Waals surface area (Å²) < 4.78 is 5.63. The maximum Gasteiger partial charge on any atom is 0.347 e. The molecule has 1 aliphatic heterocycles. The SMILES string of the molecule is CC1(C)CC(Nc2ncc(C(=O)O)s2)CCO1. The molecule has 0 spiro atoms. The van der Waals surface area contributed by atoms with E-state index in [1.54, 1.807) is 0 Å². The van der Waals surface area contributed by atoms with Crippen LogP contribution in [-0.4, -0.2) is 34.3 Å². The van der Waals surface area contributed by atoms with Crippen LogP contribution < -0.4 is 5.32 Å². The summed E-state index contributed by atoms with van der Waals surface area (Å²) in [7, 11) is 0. The van der Waals surface area contributed by atoms with Crippen LogP contribution in [0.15, 0.2) is 6.20 Å². The predicted molar refractivity (Wildman–Crippen MR) is 65.7 cm³/mol. The standard InChI is InChI=1S/C11H16N2O3S/c1-11(2)5-7(3-4-16-11)13-10-12-6-8(17-10)9(14)15/h6-7H,3-5H2,1-2H3,(H,12,13)(H,14,15). The summed E-state index contributed by atoms with van der Waals surface area (Å²) >= 11 is 1.17. The van der Waals surface area contributed by atoms with Crippen molar-refractivity contribution < 1.29 is 14.6 Å². The van der Waals surface area contributed by atoms with E-state index in [0.29, 0.717) is 11.2 Å². The van der Waals surface area contributed by atoms with Crippen LogP contribution in [-0.2, 0) is 4.74 Å². The van der Waals surface area contributed by atoms with Gasteiger partial charge in [-0.05, 0) is 26.7 Å². The number of nitrogens with zero attached hydrogens (tertiary/aromatic N) is 1. The highest BCUT2D eigenvalue weighted by atomic mass is 32.1. The molecule has 17 heavy (non-hydrogen) atoms. The highest BCUT2D eigenvalue weighted by Crippen LogP contribution is 2.27. The van der Waals surface area contributed by atoms with Crippen molar-refractivity contribution in [2.24, 2.45) is 0 Å². The molecule has 1 fully saturated rings. The van der Waals surface area contributed by atoms with Gasteiger partial charge in [-0.1, -0.05) is 11.3 Å². The summed E-state index contributed by atoms with van der Waals surface area (Å²) in [6.45, 7) is 4.85. The molecule has 5 nitrogen and oxygen atoms in total. The monoisotopic (exact) mass is 256 g/mol. The molecule has 2 rings (SSSR count). The molecule has 0 amide bonds. The van der Waals surface area contributed by atoms with Gasteiger partial charge in [0.15, 0.2) is 5.13 Å². The number of aromatic nitrogens is 1. The molecule has 0 bridgehead atoms. The Morgan fingerprint density at radius 3 is 3.06 bits per heavy atom. The van der Waals surface area contributed by atoms with E-state index in [-0.39, 0.29) is 10.5 Å². The summed E-state index contributed by atoms with van der Waals surface area (Å²) in [4.78, 5) is 15.1. The van der Waals surface area contributed by atoms with E-state index in [1.807, 2.05) is 0 Å². The van der Waals surface area contributed by atoms with Gasteiger partial charge >= 0.3 is 5.97 Å². The maximum absolute atomic E-state index is 10.7. The number of carbonyl (C=O) groups is 1. The Balaban J connectivity index is 1.98. The van der Waals surface area contributed by atoms with Crippen LogP contribution in [0.5, 0.6) is 0 Å². The number of hydrogen-bond acceptors (Lipinski definition) is 5. The summed E-state index contributed by atoms with van der Waals surface area (Å²) in [5, 5.41) is 12.8. The van der Waals surface area contributed by atoms with Crippen LogP contribution >= 0.6 is 11.3 Å². The number of nitrogens with one attached hydrogen (secondary N) is 1. The van der Waals surface area contributed by atoms with Crippen LogP contribution in [0.25, 0.3) is 0 Å². The Labute approximate surface area is 104 Å². The molecule has 0 radical (unpaired) electrons. The van der Waals surface area contributed by atoms with Crippen LogP contribution in [0.1, 0.15) is 36.4 Å². The van der Waals surface area contributed by atoms with Crippen molar-refractivity contribution in [3.63, 3.8) is 0 Å². The largest absolute Gasteiger partial charge is 0.477 e. The number of rotatable bonds is 3. The number of ether oxygens (including phenoxy) is 1. The molecule has 1 saturated heterocycles. The van der Waals surface area contributed by atoms with Crippen LogP contribution in [0.4, 0.5) is 5.13 Å². The quantitative estimate of drug-likeness (QED) is 0.867. The van der Waals surface area contributed by atoms with Crippen molar-refractivity contribution in [2.75, 3.05) is 11.9 Å². The summed E-state index contributed by atoms with van der Waals surface area (Å²) in [6.07, 6.45) is 3.21. The Morgan fingerprint density at radius 1 is 1.71 bits per heavy atom. The fraction of sp³-hybridized carbons (Fsp3) is 0.636. The van der Waals surface area contributed by atoms with Gasteiger partial charge in [0.2, 0.25) is 0 Å². The first kappa shape index (κ1) is 12.3. The van der Waals surface area contributed by atoms with Crippen LogP contribution in [0, 0.1) is 0 Å². The number of carboxylic acid groups (broad SMARTS) is 1. The number of carboxylic acids is 1. The molecule has 1 aliphatic rings. The van der Waals surface area contributed by atoms with Gasteiger partial charge in [-0.15, -0.1) is 0 Å². The zero-order valence-corrected chi connectivity index (χ0v) is 10.7. The molecule has 94 valence electrons. The average molecular weight is 256 g/mol. The average Bonchev–Trinajstić information content (AvgIpc) is 2.64. The third-order valence-corrected chi connectivity index (χ3v) is 3.66. The third kappa shape index (κ3) is 3.17. The lowest BCUT2D eigenvalue weighted by atomic mass is 9.94. The lowest BCUT2D eigenvalue weighted by Gasteiger charge is -2.35. The number of thiazole rings is 1. The van der Waals surface area contributed by atoms with Crippen molar-refractivity contribution in [3.8, 4) is 0 Å². The maximum atomic E-state index is 10.7. The summed E-state index contributed by atoms with van der Waals surface area (Å²) in [5.41, 5.74) is -0.122. The first-order valence-corrected chi connectivity index (χ1v) is 6.37. The van der Waals surface area contributed by atoms with E-state index >= 15 is 0 Å². The lowest BCUT2D eigenvalue weighted by molar-refractivity contribution is -0.0553. The molecular weight excluding hydrogens is 240 g/mol. The molecule has 1 aromatic rings. The van der Waals surface area contributed by atoms with E-state index in [0.717, 1.165) is 19.4 Å². The topological polar surface area (TPSA) is 71.5 Å². The number of aromatic carboxylic acids is 1. The molecule has 1 unspecified atom stereocenters. The Bertz CT molecular complexity index is 417. The fourth-order valence-corrected chi connectivity index (χ4v) is 2.70. The van der Waals surface area contributed by atoms with Gasteiger partial charge in [-0.2, -0.15) is 0 Å². The minimum atomic E-state index is -0.928. The normalized spacial score (nSPS) is 23.3.